The van der Waals surface area contributed by atoms with Crippen molar-refractivity contribution in [2.45, 2.75) is 26.4 Å². The number of carboxylic acids is 1. The number of carboxylic acid groups (broad SMARTS) is 1. The zero-order valence-electron chi connectivity index (χ0n) is 6.80. The molecule has 0 unspecified atom stereocenters. The first-order valence-electron chi connectivity index (χ1n) is 3.46. The van der Waals surface area contributed by atoms with Crippen LogP contribution in [0.25, 0.3) is 0 Å². The van der Waals surface area contributed by atoms with E-state index in [0.29, 0.717) is 0 Å². The molecule has 0 radical (unpaired) electrons. The molecule has 11 heavy (non-hydrogen) atoms. The molecule has 1 atom stereocenters. The van der Waals surface area contributed by atoms with Gasteiger partial charge in [0.15, 0.2) is 0 Å². The van der Waals surface area contributed by atoms with Gasteiger partial charge in [0.05, 0.1) is 6.42 Å². The Labute approximate surface area is 65.4 Å². The summed E-state index contributed by atoms with van der Waals surface area (Å²) >= 11 is 0. The van der Waals surface area contributed by atoms with Crippen molar-refractivity contribution in [1.29, 1.82) is 0 Å². The van der Waals surface area contributed by atoms with Gasteiger partial charge in [0.1, 0.15) is 6.17 Å². The van der Waals surface area contributed by atoms with Crippen LogP contribution in [0.3, 0.4) is 0 Å². The molecule has 0 aromatic carbocycles. The van der Waals surface area contributed by atoms with Gasteiger partial charge in [0.25, 0.3) is 0 Å². The average Bonchev–Trinajstić information content (AvgIpc) is 1.83. The molecule has 0 aliphatic rings. The molecule has 66 valence electrons. The second-order valence-electron chi connectivity index (χ2n) is 3.26. The van der Waals surface area contributed by atoms with Crippen molar-refractivity contribution in [2.75, 3.05) is 6.54 Å². The summed E-state index contributed by atoms with van der Waals surface area (Å²) in [6.07, 6.45) is -1.44. The summed E-state index contributed by atoms with van der Waals surface area (Å²) in [5.74, 6) is -0.994. The predicted molar refractivity (Wildman–Crippen MR) is 40.0 cm³/mol. The van der Waals surface area contributed by atoms with Crippen LogP contribution in [0.5, 0.6) is 0 Å². The Morgan fingerprint density at radius 3 is 2.45 bits per heavy atom. The molecule has 0 heterocycles. The van der Waals surface area contributed by atoms with Gasteiger partial charge in [-0.3, -0.25) is 4.79 Å². The Hall–Kier alpha value is -0.640. The molecule has 0 rings (SSSR count). The van der Waals surface area contributed by atoms with Crippen molar-refractivity contribution in [2.24, 2.45) is 11.1 Å². The molecule has 0 saturated carbocycles. The number of halogens is 1. The third-order valence-corrected chi connectivity index (χ3v) is 1.66. The van der Waals surface area contributed by atoms with Crippen LogP contribution in [0.4, 0.5) is 4.39 Å². The summed E-state index contributed by atoms with van der Waals surface area (Å²) in [6.45, 7) is 2.98. The molecule has 0 aliphatic carbocycles. The minimum Gasteiger partial charge on any atom is -0.481 e. The van der Waals surface area contributed by atoms with Crippen LogP contribution in [0.15, 0.2) is 0 Å². The van der Waals surface area contributed by atoms with Crippen LogP contribution in [0.2, 0.25) is 0 Å². The van der Waals surface area contributed by atoms with Crippen LogP contribution in [-0.4, -0.2) is 23.8 Å². The quantitative estimate of drug-likeness (QED) is 0.643. The summed E-state index contributed by atoms with van der Waals surface area (Å²) in [4.78, 5) is 10.2. The smallest absolute Gasteiger partial charge is 0.303 e. The van der Waals surface area contributed by atoms with Gasteiger partial charge in [-0.05, 0) is 0 Å². The van der Waals surface area contributed by atoms with Crippen molar-refractivity contribution < 1.29 is 14.3 Å². The highest BCUT2D eigenvalue weighted by Gasteiger charge is 2.30. The van der Waals surface area contributed by atoms with Crippen LogP contribution < -0.4 is 5.73 Å². The van der Waals surface area contributed by atoms with E-state index in [-0.39, 0.29) is 13.0 Å². The van der Waals surface area contributed by atoms with E-state index >= 15 is 0 Å². The third kappa shape index (κ3) is 3.32. The van der Waals surface area contributed by atoms with Gasteiger partial charge in [0, 0.05) is 12.0 Å². The lowest BCUT2D eigenvalue weighted by molar-refractivity contribution is -0.140. The number of hydrogen-bond acceptors (Lipinski definition) is 2. The van der Waals surface area contributed by atoms with E-state index in [1.165, 1.54) is 0 Å². The SMILES string of the molecule is CC(C)(CC(=O)O)[C@@H](F)CN. The topological polar surface area (TPSA) is 63.3 Å². The minimum atomic E-state index is -1.25. The normalized spacial score (nSPS) is 14.5. The lowest BCUT2D eigenvalue weighted by Crippen LogP contribution is -2.34. The molecule has 0 fully saturated rings. The zero-order valence-corrected chi connectivity index (χ0v) is 6.80. The first-order valence-corrected chi connectivity index (χ1v) is 3.46. The van der Waals surface area contributed by atoms with Crippen molar-refractivity contribution in [3.63, 3.8) is 0 Å². The molecule has 0 aromatic heterocycles. The molecule has 4 heteroatoms. The maximum Gasteiger partial charge on any atom is 0.303 e. The Morgan fingerprint density at radius 1 is 1.73 bits per heavy atom. The third-order valence-electron chi connectivity index (χ3n) is 1.66. The fraction of sp³-hybridized carbons (Fsp3) is 0.857. The zero-order chi connectivity index (χ0) is 9.07. The molecule has 3 N–H and O–H groups in total. The molecule has 3 nitrogen and oxygen atoms in total. The van der Waals surface area contributed by atoms with Gasteiger partial charge in [-0.2, -0.15) is 0 Å². The molecule has 0 amide bonds. The van der Waals surface area contributed by atoms with E-state index in [4.69, 9.17) is 10.8 Å². The van der Waals surface area contributed by atoms with E-state index in [2.05, 4.69) is 0 Å². The Balaban J connectivity index is 4.08. The maximum atomic E-state index is 12.9. The van der Waals surface area contributed by atoms with Gasteiger partial charge in [-0.15, -0.1) is 0 Å². The number of carbonyl (C=O) groups is 1. The molecule has 0 aliphatic heterocycles. The number of aliphatic carboxylic acids is 1. The van der Waals surface area contributed by atoms with Crippen molar-refractivity contribution >= 4 is 5.97 Å². The summed E-state index contributed by atoms with van der Waals surface area (Å²) in [5.41, 5.74) is 4.21. The average molecular weight is 163 g/mol. The molecule has 0 bridgehead atoms. The molecular weight excluding hydrogens is 149 g/mol. The van der Waals surface area contributed by atoms with Crippen LogP contribution in [-0.2, 0) is 4.79 Å². The summed E-state index contributed by atoms with van der Waals surface area (Å²) in [5, 5.41) is 8.39. The van der Waals surface area contributed by atoms with Gasteiger partial charge in [-0.25, -0.2) is 4.39 Å². The van der Waals surface area contributed by atoms with Gasteiger partial charge in [0.2, 0.25) is 0 Å². The molecule has 0 saturated heterocycles. The monoisotopic (exact) mass is 163 g/mol. The fourth-order valence-electron chi connectivity index (χ4n) is 0.820. The van der Waals surface area contributed by atoms with E-state index in [9.17, 15) is 9.18 Å². The first-order chi connectivity index (χ1) is 4.90. The Kier molecular flexibility index (Phi) is 3.45. The first kappa shape index (κ1) is 10.4. The highest BCUT2D eigenvalue weighted by Crippen LogP contribution is 2.26. The van der Waals surface area contributed by atoms with Crippen molar-refractivity contribution in [3.8, 4) is 0 Å². The molecule has 0 aromatic rings. The van der Waals surface area contributed by atoms with Gasteiger partial charge >= 0.3 is 5.97 Å². The second-order valence-corrected chi connectivity index (χ2v) is 3.26. The summed E-state index contributed by atoms with van der Waals surface area (Å²) in [7, 11) is 0. The number of rotatable bonds is 4. The predicted octanol–water partition coefficient (Wildman–Crippen LogP) is 0.784. The second kappa shape index (κ2) is 3.67. The number of alkyl halides is 1. The van der Waals surface area contributed by atoms with Crippen molar-refractivity contribution in [3.05, 3.63) is 0 Å². The minimum absolute atomic E-state index is 0.125. The van der Waals surface area contributed by atoms with Gasteiger partial charge < -0.3 is 10.8 Å². The maximum absolute atomic E-state index is 12.9. The summed E-state index contributed by atoms with van der Waals surface area (Å²) < 4.78 is 12.9. The van der Waals surface area contributed by atoms with E-state index in [0.717, 1.165) is 0 Å². The number of nitrogens with two attached hydrogens (primary N) is 1. The van der Waals surface area contributed by atoms with Crippen molar-refractivity contribution in [1.82, 2.24) is 0 Å². The fourth-order valence-corrected chi connectivity index (χ4v) is 0.820. The largest absolute Gasteiger partial charge is 0.481 e. The highest BCUT2D eigenvalue weighted by atomic mass is 19.1. The lowest BCUT2D eigenvalue weighted by atomic mass is 9.84. The van der Waals surface area contributed by atoms with Crippen LogP contribution in [0, 0.1) is 5.41 Å². The standard InChI is InChI=1S/C7H14FNO2/c1-7(2,3-6(10)11)5(8)4-9/h5H,3-4,9H2,1-2H3,(H,10,11)/t5-/m0/s1. The summed E-state index contributed by atoms with van der Waals surface area (Å²) in [6, 6.07) is 0. The molecule has 0 spiro atoms. The van der Waals surface area contributed by atoms with Gasteiger partial charge in [-0.1, -0.05) is 13.8 Å². The van der Waals surface area contributed by atoms with E-state index in [1.807, 2.05) is 0 Å². The van der Waals surface area contributed by atoms with E-state index < -0.39 is 17.6 Å². The highest BCUT2D eigenvalue weighted by molar-refractivity contribution is 5.67. The van der Waals surface area contributed by atoms with Crippen LogP contribution >= 0.6 is 0 Å². The van der Waals surface area contributed by atoms with Crippen LogP contribution in [0.1, 0.15) is 20.3 Å². The Bertz CT molecular complexity index is 147. The lowest BCUT2D eigenvalue weighted by Gasteiger charge is -2.25. The molecular formula is C7H14FNO2. The van der Waals surface area contributed by atoms with E-state index in [1.54, 1.807) is 13.8 Å². The number of hydrogen-bond donors (Lipinski definition) is 2. The Morgan fingerprint density at radius 2 is 2.18 bits per heavy atom.